The van der Waals surface area contributed by atoms with Crippen LogP contribution in [0, 0.1) is 0 Å². The van der Waals surface area contributed by atoms with Crippen molar-refractivity contribution < 1.29 is 18.6 Å². The molecule has 0 bridgehead atoms. The molecule has 3 unspecified atom stereocenters. The molecule has 0 saturated carbocycles. The zero-order valence-electron chi connectivity index (χ0n) is 40.4. The third-order valence-electron chi connectivity index (χ3n) is 14.8. The summed E-state index contributed by atoms with van der Waals surface area (Å²) in [4.78, 5) is 13.5. The molecule has 3 atom stereocenters. The van der Waals surface area contributed by atoms with Crippen molar-refractivity contribution in [1.82, 2.24) is 0 Å². The molecular formula is C66H51O4P4+. The summed E-state index contributed by atoms with van der Waals surface area (Å²) in [6, 6.07) is 84.6. The van der Waals surface area contributed by atoms with Gasteiger partial charge in [0.05, 0.1) is 0 Å². The van der Waals surface area contributed by atoms with Gasteiger partial charge >= 0.3 is 0 Å². The number of allylic oxidation sites excluding steroid dienone is 4. The number of rotatable bonds is 12. The Morgan fingerprint density at radius 2 is 0.676 bits per heavy atom. The zero-order chi connectivity index (χ0) is 50.3. The summed E-state index contributed by atoms with van der Waals surface area (Å²) in [6.45, 7) is 0. The number of hydrogen-bond acceptors (Lipinski definition) is 4. The highest BCUT2D eigenvalue weighted by Gasteiger charge is 2.47. The van der Waals surface area contributed by atoms with Gasteiger partial charge in [0, 0.05) is 53.5 Å². The Balaban J connectivity index is 1.18. The minimum atomic E-state index is -4.10. The minimum absolute atomic E-state index is 0.287. The second kappa shape index (κ2) is 19.6. The fraction of sp³-hybridized carbons (Fsp3) is 0.0303. The summed E-state index contributed by atoms with van der Waals surface area (Å²) in [5, 5.41) is 12.2. The summed E-state index contributed by atoms with van der Waals surface area (Å²) >= 11 is 0. The lowest BCUT2D eigenvalue weighted by atomic mass is 10.1. The van der Waals surface area contributed by atoms with Gasteiger partial charge in [0.1, 0.15) is 15.9 Å². The van der Waals surface area contributed by atoms with Crippen molar-refractivity contribution in [1.29, 1.82) is 0 Å². The molecule has 74 heavy (non-hydrogen) atoms. The molecule has 0 aromatic heterocycles. The first-order valence-corrected chi connectivity index (χ1v) is 31.8. The zero-order valence-corrected chi connectivity index (χ0v) is 44.0. The Morgan fingerprint density at radius 3 is 1.11 bits per heavy atom. The molecule has 0 radical (unpaired) electrons. The van der Waals surface area contributed by atoms with E-state index in [9.17, 15) is 4.89 Å². The molecule has 1 aliphatic rings. The van der Waals surface area contributed by atoms with Crippen molar-refractivity contribution in [2.45, 2.75) is 12.1 Å². The molecule has 4 nitrogen and oxygen atoms in total. The molecule has 12 rings (SSSR count). The van der Waals surface area contributed by atoms with Crippen LogP contribution in [0.5, 0.6) is 0 Å². The molecule has 0 saturated heterocycles. The Morgan fingerprint density at radius 1 is 0.338 bits per heavy atom. The van der Waals surface area contributed by atoms with E-state index in [0.717, 1.165) is 48.1 Å². The molecule has 0 fully saturated rings. The third-order valence-corrected chi connectivity index (χ3v) is 27.8. The minimum Gasteiger partial charge on any atom is -0.313 e. The highest BCUT2D eigenvalue weighted by Crippen LogP contribution is 2.57. The van der Waals surface area contributed by atoms with Crippen LogP contribution in [0.2, 0.25) is 0 Å². The van der Waals surface area contributed by atoms with E-state index in [2.05, 4.69) is 12.2 Å². The van der Waals surface area contributed by atoms with Gasteiger partial charge in [0.15, 0.2) is 21.4 Å². The molecule has 0 heterocycles. The van der Waals surface area contributed by atoms with Crippen LogP contribution in [0.15, 0.2) is 285 Å². The van der Waals surface area contributed by atoms with Crippen LogP contribution in [0.25, 0.3) is 32.3 Å². The van der Waals surface area contributed by atoms with Crippen LogP contribution >= 0.6 is 28.9 Å². The highest BCUT2D eigenvalue weighted by molar-refractivity contribution is 7.91. The Kier molecular flexibility index (Phi) is 12.6. The van der Waals surface area contributed by atoms with Gasteiger partial charge < -0.3 is 13.7 Å². The highest BCUT2D eigenvalue weighted by atomic mass is 31.2. The normalized spacial score (nSPS) is 15.4. The summed E-state index contributed by atoms with van der Waals surface area (Å²) in [5.41, 5.74) is -0.287. The average molecular weight is 1030 g/mol. The molecule has 358 valence electrons. The fourth-order valence-electron chi connectivity index (χ4n) is 11.3. The maximum absolute atomic E-state index is 18.2. The van der Waals surface area contributed by atoms with Gasteiger partial charge in [-0.15, -0.1) is 0 Å². The van der Waals surface area contributed by atoms with Gasteiger partial charge in [0.2, 0.25) is 7.49 Å². The van der Waals surface area contributed by atoms with E-state index in [4.69, 9.17) is 0 Å². The molecule has 11 aromatic carbocycles. The van der Waals surface area contributed by atoms with E-state index in [1.54, 1.807) is 0 Å². The van der Waals surface area contributed by atoms with Crippen molar-refractivity contribution in [2.75, 3.05) is 0 Å². The van der Waals surface area contributed by atoms with Gasteiger partial charge in [-0.25, -0.2) is 4.89 Å². The lowest BCUT2D eigenvalue weighted by molar-refractivity contribution is 0.582. The molecule has 0 amide bonds. The molecule has 11 aromatic rings. The van der Waals surface area contributed by atoms with Crippen molar-refractivity contribution in [3.63, 3.8) is 0 Å². The van der Waals surface area contributed by atoms with E-state index >= 15 is 13.7 Å². The van der Waals surface area contributed by atoms with E-state index in [1.165, 1.54) is 0 Å². The van der Waals surface area contributed by atoms with E-state index in [1.807, 2.05) is 273 Å². The lowest BCUT2D eigenvalue weighted by Crippen LogP contribution is -2.34. The topological polar surface area (TPSA) is 71.4 Å². The lowest BCUT2D eigenvalue weighted by Gasteiger charge is -2.30. The third kappa shape index (κ3) is 7.71. The first-order valence-electron chi connectivity index (χ1n) is 24.9. The van der Waals surface area contributed by atoms with Crippen LogP contribution in [-0.4, -0.2) is 10.6 Å². The predicted octanol–water partition coefficient (Wildman–Crippen LogP) is 11.8. The van der Waals surface area contributed by atoms with Crippen LogP contribution in [0.1, 0.15) is 6.42 Å². The molecule has 8 heteroatoms. The summed E-state index contributed by atoms with van der Waals surface area (Å²) in [7, 11) is -14.3. The maximum Gasteiger partial charge on any atom is 0.239 e. The summed E-state index contributed by atoms with van der Waals surface area (Å²) in [6.07, 6.45) is 8.77. The van der Waals surface area contributed by atoms with Gasteiger partial charge in [-0.3, -0.25) is 0 Å². The predicted molar refractivity (Wildman–Crippen MR) is 319 cm³/mol. The van der Waals surface area contributed by atoms with Gasteiger partial charge in [-0.2, -0.15) is 0 Å². The Bertz CT molecular complexity index is 4020. The number of benzene rings is 11. The van der Waals surface area contributed by atoms with Gasteiger partial charge in [0.25, 0.3) is 0 Å². The largest absolute Gasteiger partial charge is 0.313 e. The van der Waals surface area contributed by atoms with Crippen LogP contribution in [0.4, 0.5) is 0 Å². The Hall–Kier alpha value is -7.24. The first kappa shape index (κ1) is 47.7. The van der Waals surface area contributed by atoms with E-state index in [0.29, 0.717) is 48.9 Å². The van der Waals surface area contributed by atoms with Crippen molar-refractivity contribution in [3.05, 3.63) is 285 Å². The van der Waals surface area contributed by atoms with Crippen LogP contribution < -0.4 is 58.3 Å². The van der Waals surface area contributed by atoms with Gasteiger partial charge in [-0.1, -0.05) is 224 Å². The van der Waals surface area contributed by atoms with Crippen LogP contribution in [-0.2, 0) is 13.7 Å². The van der Waals surface area contributed by atoms with Gasteiger partial charge in [-0.05, 0) is 94.0 Å². The second-order valence-corrected chi connectivity index (χ2v) is 29.9. The fourth-order valence-corrected chi connectivity index (χ4v) is 23.5. The quantitative estimate of drug-likeness (QED) is 0.124. The SMILES string of the molecule is O=P(c1ccccc1)(c1ccccc1)c1ccc(P(=O)(c2ccc(P(=O)(c3ccccc3)C3C=CC=CC3)c3ccccc23)c2ccc([P+](O)(c3ccccc3)c3ccccc3)c3ccccc23)c2ccccc12. The Labute approximate surface area is 433 Å². The van der Waals surface area contributed by atoms with Crippen molar-refractivity contribution >= 4 is 120 Å². The summed E-state index contributed by atoms with van der Waals surface area (Å²) < 4.78 is 50.9. The smallest absolute Gasteiger partial charge is 0.239 e. The number of fused-ring (bicyclic) bond motifs is 3. The van der Waals surface area contributed by atoms with Crippen LogP contribution in [0.3, 0.4) is 0 Å². The number of hydrogen-bond donors (Lipinski definition) is 1. The van der Waals surface area contributed by atoms with E-state index in [-0.39, 0.29) is 5.66 Å². The average Bonchev–Trinajstić information content (AvgIpc) is 3.50. The molecule has 1 N–H and O–H groups in total. The maximum atomic E-state index is 18.2. The standard InChI is InChI=1S/C66H51O4P4/c67-71(49-25-7-1-8-26-49,50-27-9-2-10-28-50)61-43-46-64(58-40-22-19-37-55(58)61)74(70,65-47-44-62(56-38-20-23-41-59(56)65)72(68,51-29-11-3-12-30-51)52-31-13-4-14-32-52)66-48-45-63(57-39-21-24-42-60(57)66)73(69,53-33-15-5-16-34-53)54-35-17-6-18-36-54/h1-35,37-48,54,67H,36H2/q+1. The molecule has 1 aliphatic carbocycles. The van der Waals surface area contributed by atoms with Crippen molar-refractivity contribution in [3.8, 4) is 0 Å². The summed E-state index contributed by atoms with van der Waals surface area (Å²) in [5.74, 6) is 0. The van der Waals surface area contributed by atoms with Crippen molar-refractivity contribution in [2.24, 2.45) is 0 Å². The molecular weight excluding hydrogens is 981 g/mol. The molecule has 0 aliphatic heterocycles. The molecule has 0 spiro atoms. The monoisotopic (exact) mass is 1030 g/mol. The second-order valence-electron chi connectivity index (χ2n) is 18.8. The van der Waals surface area contributed by atoms with E-state index < -0.39 is 28.9 Å². The first-order chi connectivity index (χ1) is 36.3.